The van der Waals surface area contributed by atoms with Crippen molar-refractivity contribution in [3.63, 3.8) is 0 Å². The van der Waals surface area contributed by atoms with Crippen LogP contribution in [0.2, 0.25) is 0 Å². The molecule has 0 radical (unpaired) electrons. The molecule has 224 valence electrons. The summed E-state index contributed by atoms with van der Waals surface area (Å²) in [6.45, 7) is 0.792. The number of nitrogens with zero attached hydrogens (tertiary/aromatic N) is 3. The van der Waals surface area contributed by atoms with Crippen molar-refractivity contribution in [3.8, 4) is 0 Å². The van der Waals surface area contributed by atoms with E-state index in [9.17, 15) is 49.9 Å². The number of ether oxygens (including phenoxy) is 2. The lowest BCUT2D eigenvalue weighted by molar-refractivity contribution is -0.231. The first kappa shape index (κ1) is 30.9. The lowest BCUT2D eigenvalue weighted by atomic mass is 10.0. The number of nitrogens with one attached hydrogen (secondary N) is 1. The van der Waals surface area contributed by atoms with Crippen LogP contribution in [-0.4, -0.2) is 48.7 Å². The second kappa shape index (κ2) is 11.3. The van der Waals surface area contributed by atoms with Crippen molar-refractivity contribution < 1.29 is 54.6 Å². The van der Waals surface area contributed by atoms with Crippen LogP contribution in [0.25, 0.3) is 0 Å². The first-order valence-electron chi connectivity index (χ1n) is 11.7. The van der Waals surface area contributed by atoms with Crippen molar-refractivity contribution in [3.05, 3.63) is 86.8 Å². The molecule has 1 saturated heterocycles. The molecule has 3 N–H and O–H groups in total. The molecular formula is C23H22F7N4O6P. The van der Waals surface area contributed by atoms with E-state index in [-0.39, 0.29) is 36.0 Å². The molecule has 0 aliphatic carbocycles. The molecule has 2 heterocycles. The van der Waals surface area contributed by atoms with Crippen LogP contribution in [-0.2, 0) is 32.9 Å². The highest BCUT2D eigenvalue weighted by molar-refractivity contribution is 7.49. The summed E-state index contributed by atoms with van der Waals surface area (Å²) in [7, 11) is -5.04. The molecule has 41 heavy (non-hydrogen) atoms. The summed E-state index contributed by atoms with van der Waals surface area (Å²) in [6, 6.07) is 4.84. The minimum Gasteiger partial charge on any atom is -0.349 e. The van der Waals surface area contributed by atoms with Crippen molar-refractivity contribution in [1.29, 1.82) is 0 Å². The van der Waals surface area contributed by atoms with E-state index < -0.39 is 66.7 Å². The zero-order chi connectivity index (χ0) is 30.3. The van der Waals surface area contributed by atoms with Crippen molar-refractivity contribution in [2.24, 2.45) is 0 Å². The highest BCUT2D eigenvalue weighted by Crippen LogP contribution is 2.41. The Hall–Kier alpha value is -3.08. The smallest absolute Gasteiger partial charge is 0.349 e. The summed E-state index contributed by atoms with van der Waals surface area (Å²) in [5.41, 5.74) is -4.25. The molecule has 4 rings (SSSR count). The monoisotopic (exact) mass is 614 g/mol. The van der Waals surface area contributed by atoms with E-state index in [2.05, 4.69) is 4.98 Å². The van der Waals surface area contributed by atoms with Gasteiger partial charge in [-0.15, -0.1) is 0 Å². The van der Waals surface area contributed by atoms with Crippen LogP contribution in [0.1, 0.15) is 47.1 Å². The van der Waals surface area contributed by atoms with Crippen LogP contribution in [0.15, 0.2) is 47.3 Å². The average molecular weight is 614 g/mol. The quantitative estimate of drug-likeness (QED) is 0.265. The van der Waals surface area contributed by atoms with Gasteiger partial charge in [-0.3, -0.25) is 4.90 Å². The van der Waals surface area contributed by atoms with Gasteiger partial charge in [0.2, 0.25) is 0 Å². The Morgan fingerprint density at radius 3 is 2.22 bits per heavy atom. The number of morpholine rings is 1. The van der Waals surface area contributed by atoms with E-state index in [4.69, 9.17) is 9.47 Å². The van der Waals surface area contributed by atoms with Gasteiger partial charge in [0, 0.05) is 6.54 Å². The molecular weight excluding hydrogens is 592 g/mol. The largest absolute Gasteiger partial charge is 0.449 e. The van der Waals surface area contributed by atoms with Gasteiger partial charge in [0.15, 0.2) is 12.1 Å². The Kier molecular flexibility index (Phi) is 8.51. The molecule has 0 spiro atoms. The molecule has 1 aliphatic heterocycles. The van der Waals surface area contributed by atoms with E-state index in [0.29, 0.717) is 17.7 Å². The fraction of sp³-hybridized carbons (Fsp3) is 0.391. The number of rotatable bonds is 7. The Bertz CT molecular complexity index is 1450. The predicted molar refractivity (Wildman–Crippen MR) is 126 cm³/mol. The van der Waals surface area contributed by atoms with Crippen LogP contribution in [0, 0.1) is 5.82 Å². The molecule has 2 aromatic carbocycles. The SMILES string of the molecule is C[C@@H](O[C@H]1OCCN(Cc2nc(=O)[nH]n2P(=O)(O)O)[C@H]1c1ccc(F)cc1)c1cc(C(F)(F)F)cc(C(F)(F)F)c1. The van der Waals surface area contributed by atoms with Gasteiger partial charge in [-0.05, 0) is 48.4 Å². The molecule has 0 bridgehead atoms. The Morgan fingerprint density at radius 2 is 1.68 bits per heavy atom. The topological polar surface area (TPSA) is 130 Å². The van der Waals surface area contributed by atoms with E-state index >= 15 is 0 Å². The van der Waals surface area contributed by atoms with Gasteiger partial charge in [-0.2, -0.15) is 35.8 Å². The lowest BCUT2D eigenvalue weighted by Gasteiger charge is -2.41. The maximum Gasteiger partial charge on any atom is 0.449 e. The van der Waals surface area contributed by atoms with Crippen LogP contribution in [0.3, 0.4) is 0 Å². The summed E-state index contributed by atoms with van der Waals surface area (Å²) in [5, 5.41) is 1.90. The third-order valence-electron chi connectivity index (χ3n) is 6.22. The van der Waals surface area contributed by atoms with Gasteiger partial charge in [0.05, 0.1) is 36.4 Å². The summed E-state index contributed by atoms with van der Waals surface area (Å²) < 4.78 is 118. The molecule has 3 atom stereocenters. The fourth-order valence-corrected chi connectivity index (χ4v) is 4.97. The molecule has 1 fully saturated rings. The summed E-state index contributed by atoms with van der Waals surface area (Å²) in [5.74, 6) is -0.994. The van der Waals surface area contributed by atoms with Gasteiger partial charge in [0.25, 0.3) is 0 Å². The minimum atomic E-state index is -5.08. The van der Waals surface area contributed by atoms with Crippen LogP contribution in [0.4, 0.5) is 30.7 Å². The van der Waals surface area contributed by atoms with Gasteiger partial charge in [-0.25, -0.2) is 18.8 Å². The van der Waals surface area contributed by atoms with Crippen molar-refractivity contribution in [1.82, 2.24) is 19.4 Å². The number of benzene rings is 2. The number of aromatic amines is 1. The van der Waals surface area contributed by atoms with Crippen molar-refractivity contribution >= 4 is 7.75 Å². The highest BCUT2D eigenvalue weighted by Gasteiger charge is 2.40. The van der Waals surface area contributed by atoms with Crippen LogP contribution in [0.5, 0.6) is 0 Å². The molecule has 18 heteroatoms. The maximum atomic E-state index is 13.7. The molecule has 0 amide bonds. The molecule has 1 aromatic heterocycles. The molecule has 10 nitrogen and oxygen atoms in total. The molecule has 1 aliphatic rings. The molecule has 0 unspecified atom stereocenters. The Balaban J connectivity index is 1.71. The van der Waals surface area contributed by atoms with E-state index in [1.165, 1.54) is 24.0 Å². The lowest BCUT2D eigenvalue weighted by Crippen LogP contribution is -2.46. The Labute approximate surface area is 226 Å². The third kappa shape index (κ3) is 7.23. The zero-order valence-electron chi connectivity index (χ0n) is 20.9. The number of H-pyrrole nitrogens is 1. The van der Waals surface area contributed by atoms with Crippen LogP contribution < -0.4 is 5.69 Å². The molecule has 0 saturated carbocycles. The summed E-state index contributed by atoms with van der Waals surface area (Å²) >= 11 is 0. The number of hydrogen-bond acceptors (Lipinski definition) is 6. The number of hydrogen-bond donors (Lipinski definition) is 3. The van der Waals surface area contributed by atoms with Gasteiger partial charge < -0.3 is 19.3 Å². The summed E-state index contributed by atoms with van der Waals surface area (Å²) in [4.78, 5) is 36.0. The number of alkyl halides is 6. The predicted octanol–water partition coefficient (Wildman–Crippen LogP) is 4.37. The highest BCUT2D eigenvalue weighted by atomic mass is 31.2. The maximum absolute atomic E-state index is 13.7. The average Bonchev–Trinajstić information content (AvgIpc) is 3.24. The fourth-order valence-electron chi connectivity index (χ4n) is 4.35. The normalized spacial score (nSPS) is 19.9. The number of halogens is 7. The minimum absolute atomic E-state index is 0.0131. The van der Waals surface area contributed by atoms with E-state index in [0.717, 1.165) is 12.1 Å². The van der Waals surface area contributed by atoms with E-state index in [1.54, 1.807) is 0 Å². The summed E-state index contributed by atoms with van der Waals surface area (Å²) in [6.07, 6.45) is -12.9. The zero-order valence-corrected chi connectivity index (χ0v) is 21.8. The second-order valence-electron chi connectivity index (χ2n) is 9.09. The first-order chi connectivity index (χ1) is 18.9. The third-order valence-corrected chi connectivity index (χ3v) is 7.07. The van der Waals surface area contributed by atoms with Crippen molar-refractivity contribution in [2.45, 2.75) is 44.3 Å². The first-order valence-corrected chi connectivity index (χ1v) is 13.3. The number of aromatic nitrogens is 3. The Morgan fingerprint density at radius 1 is 1.10 bits per heavy atom. The van der Waals surface area contributed by atoms with Gasteiger partial charge in [0.1, 0.15) is 5.82 Å². The van der Waals surface area contributed by atoms with Gasteiger partial charge in [-0.1, -0.05) is 12.1 Å². The molecule has 3 aromatic rings. The van der Waals surface area contributed by atoms with Gasteiger partial charge >= 0.3 is 25.8 Å². The van der Waals surface area contributed by atoms with Crippen molar-refractivity contribution in [2.75, 3.05) is 13.2 Å². The van der Waals surface area contributed by atoms with E-state index in [1.807, 2.05) is 5.10 Å². The van der Waals surface area contributed by atoms with Crippen LogP contribution >= 0.6 is 7.75 Å². The second-order valence-corrected chi connectivity index (χ2v) is 10.5. The standard InChI is InChI=1S/C23H22F7N4O6P/c1-12(14-8-15(22(25,26)27)10-16(9-14)23(28,29)30)40-20-19(13-2-4-17(24)5-3-13)33(6-7-39-20)11-18-31-21(35)32-34(18)41(36,37)38/h2-5,8-10,12,19-20H,6-7,11H2,1H3,(H,32,35)(H2,36,37,38)/t12-,19+,20-/m1/s1.